The molecule has 1 heterocycles. The van der Waals surface area contributed by atoms with Crippen LogP contribution in [0.4, 0.5) is 0 Å². The molecule has 1 atom stereocenters. The van der Waals surface area contributed by atoms with Gasteiger partial charge < -0.3 is 9.84 Å². The van der Waals surface area contributed by atoms with Crippen molar-refractivity contribution >= 4 is 5.97 Å². The Morgan fingerprint density at radius 3 is 2.22 bits per heavy atom. The molecule has 0 aliphatic rings. The standard InChI is InChI=1S/C19H31NO3/c1-16(21)11-9-7-5-3-4-6-8-10-12-17-13-14-18(20-15-17)19(22)23-2/h13-16,21H,3-12H2,1-2H3/t16-/m0/s1. The van der Waals surface area contributed by atoms with Gasteiger partial charge in [-0.15, -0.1) is 0 Å². The van der Waals surface area contributed by atoms with Crippen molar-refractivity contribution in [2.75, 3.05) is 7.11 Å². The molecule has 0 aromatic carbocycles. The number of aliphatic hydroxyl groups is 1. The number of nitrogens with zero attached hydrogens (tertiary/aromatic N) is 1. The molecule has 0 unspecified atom stereocenters. The zero-order chi connectivity index (χ0) is 16.9. The Morgan fingerprint density at radius 1 is 1.09 bits per heavy atom. The third-order valence-corrected chi connectivity index (χ3v) is 4.06. The summed E-state index contributed by atoms with van der Waals surface area (Å²) in [7, 11) is 1.37. The van der Waals surface area contributed by atoms with Crippen LogP contribution in [0.2, 0.25) is 0 Å². The molecule has 0 amide bonds. The van der Waals surface area contributed by atoms with Crippen LogP contribution in [0.5, 0.6) is 0 Å². The summed E-state index contributed by atoms with van der Waals surface area (Å²) in [5.74, 6) is -0.384. The fraction of sp³-hybridized carbons (Fsp3) is 0.684. The van der Waals surface area contributed by atoms with E-state index in [1.165, 1.54) is 57.6 Å². The summed E-state index contributed by atoms with van der Waals surface area (Å²) in [5.41, 5.74) is 1.54. The molecule has 0 saturated heterocycles. The number of hydrogen-bond acceptors (Lipinski definition) is 4. The highest BCUT2D eigenvalue weighted by Gasteiger charge is 2.05. The molecule has 1 rings (SSSR count). The summed E-state index contributed by atoms with van der Waals surface area (Å²) in [6.07, 6.45) is 13.5. The van der Waals surface area contributed by atoms with E-state index in [1.54, 1.807) is 12.3 Å². The van der Waals surface area contributed by atoms with E-state index in [2.05, 4.69) is 9.72 Å². The van der Waals surface area contributed by atoms with Crippen molar-refractivity contribution < 1.29 is 14.6 Å². The first-order valence-electron chi connectivity index (χ1n) is 8.85. The van der Waals surface area contributed by atoms with Gasteiger partial charge in [-0.1, -0.05) is 51.0 Å². The smallest absolute Gasteiger partial charge is 0.356 e. The number of aliphatic hydroxyl groups excluding tert-OH is 1. The summed E-state index contributed by atoms with van der Waals surface area (Å²) < 4.78 is 4.63. The highest BCUT2D eigenvalue weighted by atomic mass is 16.5. The zero-order valence-corrected chi connectivity index (χ0v) is 14.6. The Kier molecular flexibility index (Phi) is 10.3. The molecule has 0 spiro atoms. The van der Waals surface area contributed by atoms with Crippen LogP contribution in [0, 0.1) is 0 Å². The molecule has 23 heavy (non-hydrogen) atoms. The second kappa shape index (κ2) is 12.1. The Morgan fingerprint density at radius 2 is 1.70 bits per heavy atom. The maximum atomic E-state index is 11.3. The second-order valence-corrected chi connectivity index (χ2v) is 6.26. The summed E-state index contributed by atoms with van der Waals surface area (Å²) in [4.78, 5) is 15.4. The minimum atomic E-state index is -0.384. The van der Waals surface area contributed by atoms with E-state index in [1.807, 2.05) is 13.0 Å². The van der Waals surface area contributed by atoms with E-state index in [0.29, 0.717) is 5.69 Å². The Bertz CT molecular complexity index is 429. The van der Waals surface area contributed by atoms with Crippen LogP contribution in [0.1, 0.15) is 80.8 Å². The van der Waals surface area contributed by atoms with Gasteiger partial charge in [-0.3, -0.25) is 0 Å². The molecule has 0 saturated carbocycles. The molecule has 130 valence electrons. The molecule has 0 aliphatic carbocycles. The monoisotopic (exact) mass is 321 g/mol. The number of carbonyl (C=O) groups is 1. The molecule has 1 N–H and O–H groups in total. The lowest BCUT2D eigenvalue weighted by molar-refractivity contribution is 0.0594. The van der Waals surface area contributed by atoms with Crippen molar-refractivity contribution in [2.45, 2.75) is 77.2 Å². The number of pyridine rings is 1. The van der Waals surface area contributed by atoms with Gasteiger partial charge in [-0.25, -0.2) is 9.78 Å². The van der Waals surface area contributed by atoms with Crippen molar-refractivity contribution in [3.8, 4) is 0 Å². The maximum absolute atomic E-state index is 11.3. The van der Waals surface area contributed by atoms with E-state index < -0.39 is 0 Å². The van der Waals surface area contributed by atoms with Crippen LogP contribution in [-0.4, -0.2) is 29.3 Å². The third-order valence-electron chi connectivity index (χ3n) is 4.06. The first-order chi connectivity index (χ1) is 11.1. The van der Waals surface area contributed by atoms with E-state index in [-0.39, 0.29) is 12.1 Å². The topological polar surface area (TPSA) is 59.4 Å². The number of aromatic nitrogens is 1. The summed E-state index contributed by atoms with van der Waals surface area (Å²) >= 11 is 0. The van der Waals surface area contributed by atoms with Crippen LogP contribution in [-0.2, 0) is 11.2 Å². The van der Waals surface area contributed by atoms with Crippen molar-refractivity contribution in [3.05, 3.63) is 29.6 Å². The predicted octanol–water partition coefficient (Wildman–Crippen LogP) is 4.30. The molecular formula is C19H31NO3. The average Bonchev–Trinajstić information content (AvgIpc) is 2.56. The molecule has 0 aliphatic heterocycles. The fourth-order valence-corrected chi connectivity index (χ4v) is 2.63. The summed E-state index contributed by atoms with van der Waals surface area (Å²) in [6.45, 7) is 1.86. The first kappa shape index (κ1) is 19.6. The van der Waals surface area contributed by atoms with E-state index in [0.717, 1.165) is 19.3 Å². The van der Waals surface area contributed by atoms with Crippen molar-refractivity contribution in [1.29, 1.82) is 0 Å². The minimum absolute atomic E-state index is 0.147. The van der Waals surface area contributed by atoms with Gasteiger partial charge in [0.25, 0.3) is 0 Å². The van der Waals surface area contributed by atoms with Gasteiger partial charge in [0.1, 0.15) is 5.69 Å². The van der Waals surface area contributed by atoms with Crippen LogP contribution in [0.25, 0.3) is 0 Å². The van der Waals surface area contributed by atoms with Crippen LogP contribution < -0.4 is 0 Å². The zero-order valence-electron chi connectivity index (χ0n) is 14.6. The highest BCUT2D eigenvalue weighted by Crippen LogP contribution is 2.12. The second-order valence-electron chi connectivity index (χ2n) is 6.26. The van der Waals surface area contributed by atoms with Crippen molar-refractivity contribution in [2.24, 2.45) is 0 Å². The lowest BCUT2D eigenvalue weighted by atomic mass is 10.0. The van der Waals surface area contributed by atoms with E-state index in [9.17, 15) is 9.90 Å². The maximum Gasteiger partial charge on any atom is 0.356 e. The van der Waals surface area contributed by atoms with Crippen LogP contribution >= 0.6 is 0 Å². The van der Waals surface area contributed by atoms with Crippen molar-refractivity contribution in [3.63, 3.8) is 0 Å². The summed E-state index contributed by atoms with van der Waals surface area (Å²) in [6, 6.07) is 3.69. The highest BCUT2D eigenvalue weighted by molar-refractivity contribution is 5.86. The normalized spacial score (nSPS) is 12.1. The predicted molar refractivity (Wildman–Crippen MR) is 92.5 cm³/mol. The lowest BCUT2D eigenvalue weighted by Gasteiger charge is -2.05. The first-order valence-corrected chi connectivity index (χ1v) is 8.85. The van der Waals surface area contributed by atoms with E-state index >= 15 is 0 Å². The van der Waals surface area contributed by atoms with Gasteiger partial charge in [-0.2, -0.15) is 0 Å². The lowest BCUT2D eigenvalue weighted by Crippen LogP contribution is -2.04. The molecule has 0 bridgehead atoms. The third kappa shape index (κ3) is 9.34. The van der Waals surface area contributed by atoms with Crippen LogP contribution in [0.15, 0.2) is 18.3 Å². The summed E-state index contributed by atoms with van der Waals surface area (Å²) in [5, 5.41) is 9.17. The molecule has 4 heteroatoms. The average molecular weight is 321 g/mol. The SMILES string of the molecule is COC(=O)c1ccc(CCCCCCCCCC[C@H](C)O)cn1. The largest absolute Gasteiger partial charge is 0.464 e. The Labute approximate surface area is 140 Å². The van der Waals surface area contributed by atoms with Crippen LogP contribution in [0.3, 0.4) is 0 Å². The van der Waals surface area contributed by atoms with Gasteiger partial charge in [0.2, 0.25) is 0 Å². The van der Waals surface area contributed by atoms with Crippen molar-refractivity contribution in [1.82, 2.24) is 4.98 Å². The van der Waals surface area contributed by atoms with Gasteiger partial charge >= 0.3 is 5.97 Å². The molecule has 1 aromatic heterocycles. The van der Waals surface area contributed by atoms with E-state index in [4.69, 9.17) is 0 Å². The Balaban J connectivity index is 1.99. The number of ether oxygens (including phenoxy) is 1. The molecule has 4 nitrogen and oxygen atoms in total. The quantitative estimate of drug-likeness (QED) is 0.460. The van der Waals surface area contributed by atoms with Gasteiger partial charge in [0.15, 0.2) is 0 Å². The number of methoxy groups -OCH3 is 1. The number of aryl methyl sites for hydroxylation is 1. The van der Waals surface area contributed by atoms with Gasteiger partial charge in [0.05, 0.1) is 13.2 Å². The number of unbranched alkanes of at least 4 members (excludes halogenated alkanes) is 7. The number of esters is 1. The molecule has 0 radical (unpaired) electrons. The van der Waals surface area contributed by atoms with Gasteiger partial charge in [-0.05, 0) is 37.8 Å². The molecule has 1 aromatic rings. The number of rotatable bonds is 12. The fourth-order valence-electron chi connectivity index (χ4n) is 2.63. The van der Waals surface area contributed by atoms with Gasteiger partial charge in [0, 0.05) is 6.20 Å². The number of hydrogen-bond donors (Lipinski definition) is 1. The minimum Gasteiger partial charge on any atom is -0.464 e. The molecular weight excluding hydrogens is 290 g/mol. The Hall–Kier alpha value is -1.42. The number of carbonyl (C=O) groups excluding carboxylic acids is 1. The molecule has 0 fully saturated rings.